The summed E-state index contributed by atoms with van der Waals surface area (Å²) in [6.45, 7) is 2.10. The third kappa shape index (κ3) is 9.93. The van der Waals surface area contributed by atoms with E-state index in [0.717, 1.165) is 24.2 Å². The number of aromatic nitrogens is 3. The number of fused-ring (bicyclic) bond motifs is 1. The van der Waals surface area contributed by atoms with Crippen molar-refractivity contribution in [2.24, 2.45) is 10.2 Å². The lowest BCUT2D eigenvalue weighted by molar-refractivity contribution is 0.410. The molecule has 1 aromatic heterocycles. The Bertz CT molecular complexity index is 1870. The number of azo groups is 1. The third-order valence-electron chi connectivity index (χ3n) is 6.15. The highest BCUT2D eigenvalue weighted by atomic mass is 32.2. The Morgan fingerprint density at radius 3 is 2.14 bits per heavy atom. The van der Waals surface area contributed by atoms with E-state index in [9.17, 15) is 21.4 Å². The molecule has 16 heteroatoms. The smallest absolute Gasteiger partial charge is 0.295 e. The molecule has 0 saturated carbocycles. The molecule has 0 unspecified atom stereocenters. The minimum atomic E-state index is -4.41. The van der Waals surface area contributed by atoms with Crippen molar-refractivity contribution in [3.8, 4) is 5.75 Å². The molecule has 0 aliphatic carbocycles. The Balaban J connectivity index is 1.54. The van der Waals surface area contributed by atoms with Gasteiger partial charge >= 0.3 is 0 Å². The molecule has 0 aliphatic rings. The van der Waals surface area contributed by atoms with E-state index in [2.05, 4.69) is 32.1 Å². The second-order valence-electron chi connectivity index (χ2n) is 9.52. The number of rotatable bonds is 15. The normalized spacial score (nSPS) is 12.3. The zero-order chi connectivity index (χ0) is 31.7. The number of hydrogen-bond acceptors (Lipinski definition) is 12. The van der Waals surface area contributed by atoms with E-state index in [4.69, 9.17) is 9.29 Å². The summed E-state index contributed by atoms with van der Waals surface area (Å²) in [4.78, 5) is 13.5. The van der Waals surface area contributed by atoms with Crippen LogP contribution in [-0.4, -0.2) is 65.3 Å². The van der Waals surface area contributed by atoms with Crippen molar-refractivity contribution in [2.45, 2.75) is 47.8 Å². The van der Waals surface area contributed by atoms with E-state index < -0.39 is 20.2 Å². The maximum atomic E-state index is 11.8. The number of benzene rings is 3. The first-order valence-corrected chi connectivity index (χ1v) is 18.5. The van der Waals surface area contributed by atoms with Crippen LogP contribution in [0.15, 0.2) is 80.0 Å². The van der Waals surface area contributed by atoms with Gasteiger partial charge in [-0.3, -0.25) is 9.11 Å². The van der Waals surface area contributed by atoms with Crippen LogP contribution in [0.4, 0.5) is 11.4 Å². The van der Waals surface area contributed by atoms with E-state index in [0.29, 0.717) is 56.2 Å². The fourth-order valence-electron chi connectivity index (χ4n) is 4.04. The Labute approximate surface area is 264 Å². The molecule has 4 rings (SSSR count). The van der Waals surface area contributed by atoms with Gasteiger partial charge in [0.15, 0.2) is 10.3 Å². The van der Waals surface area contributed by atoms with E-state index >= 15 is 0 Å². The van der Waals surface area contributed by atoms with Gasteiger partial charge in [0.1, 0.15) is 16.5 Å². The van der Waals surface area contributed by atoms with Crippen molar-refractivity contribution in [3.63, 3.8) is 0 Å². The molecule has 2 N–H and O–H groups in total. The molecule has 0 fully saturated rings. The summed E-state index contributed by atoms with van der Waals surface area (Å²) in [5.41, 5.74) is 1.69. The Hall–Kier alpha value is -3.15. The molecule has 0 spiro atoms. The van der Waals surface area contributed by atoms with Crippen molar-refractivity contribution < 1.29 is 30.7 Å². The van der Waals surface area contributed by atoms with E-state index in [1.807, 2.05) is 6.07 Å². The number of methoxy groups -OCH3 is 1. The Morgan fingerprint density at radius 1 is 0.841 bits per heavy atom. The van der Waals surface area contributed by atoms with E-state index in [-0.39, 0.29) is 17.1 Å². The zero-order valence-electron chi connectivity index (χ0n) is 24.0. The molecule has 0 saturated heterocycles. The lowest BCUT2D eigenvalue weighted by atomic mass is 10.1. The van der Waals surface area contributed by atoms with Crippen LogP contribution in [0, 0.1) is 0 Å². The van der Waals surface area contributed by atoms with Crippen LogP contribution in [-0.2, 0) is 26.7 Å². The van der Waals surface area contributed by atoms with E-state index in [1.165, 1.54) is 36.7 Å². The number of unbranched alkanes of at least 4 members (excludes halogenated alkanes) is 1. The summed E-state index contributed by atoms with van der Waals surface area (Å²) < 4.78 is 69.9. The second-order valence-corrected chi connectivity index (χ2v) is 14.6. The average molecular weight is 678 g/mol. The van der Waals surface area contributed by atoms with Gasteiger partial charge in [-0.05, 0) is 42.5 Å². The predicted octanol–water partition coefficient (Wildman–Crippen LogP) is 6.55. The summed E-state index contributed by atoms with van der Waals surface area (Å²) in [7, 11) is -6.90. The van der Waals surface area contributed by atoms with Crippen molar-refractivity contribution in [1.29, 1.82) is 0 Å². The van der Waals surface area contributed by atoms with E-state index in [1.54, 1.807) is 42.5 Å². The van der Waals surface area contributed by atoms with Gasteiger partial charge < -0.3 is 4.74 Å². The maximum Gasteiger partial charge on any atom is 0.295 e. The molecular weight excluding hydrogens is 647 g/mol. The van der Waals surface area contributed by atoms with Gasteiger partial charge in [0, 0.05) is 34.9 Å². The monoisotopic (exact) mass is 677 g/mol. The first-order valence-electron chi connectivity index (χ1n) is 13.5. The molecule has 0 atom stereocenters. The molecule has 234 valence electrons. The summed E-state index contributed by atoms with van der Waals surface area (Å²) in [5.74, 6) is 2.00. The van der Waals surface area contributed by atoms with Gasteiger partial charge in [-0.2, -0.15) is 32.0 Å². The molecule has 0 radical (unpaired) electrons. The molecule has 12 nitrogen and oxygen atoms in total. The lowest BCUT2D eigenvalue weighted by Gasteiger charge is -2.10. The Morgan fingerprint density at radius 2 is 1.50 bits per heavy atom. The van der Waals surface area contributed by atoms with Gasteiger partial charge in [-0.1, -0.05) is 61.1 Å². The second kappa shape index (κ2) is 15.2. The number of hydrogen-bond donors (Lipinski definition) is 2. The topological polar surface area (TPSA) is 181 Å². The maximum absolute atomic E-state index is 11.8. The van der Waals surface area contributed by atoms with Crippen LogP contribution in [0.3, 0.4) is 0 Å². The molecule has 0 amide bonds. The number of ether oxygens (including phenoxy) is 1. The average Bonchev–Trinajstić information content (AvgIpc) is 2.97. The van der Waals surface area contributed by atoms with Crippen LogP contribution in [0.25, 0.3) is 10.8 Å². The molecule has 0 bridgehead atoms. The van der Waals surface area contributed by atoms with Gasteiger partial charge in [-0.15, -0.1) is 0 Å². The SMILES string of the molecule is CCCCSc1nc(Cc2ccc(N=Nc3ccc4cccc(S(=O)(=O)O)c4c3)cc2OC)nc(SCCCS(=O)(=O)O)n1. The number of thioether (sulfide) groups is 2. The van der Waals surface area contributed by atoms with Crippen molar-refractivity contribution in [3.05, 3.63) is 66.0 Å². The highest BCUT2D eigenvalue weighted by molar-refractivity contribution is 7.99. The predicted molar refractivity (Wildman–Crippen MR) is 171 cm³/mol. The van der Waals surface area contributed by atoms with Gasteiger partial charge in [0.05, 0.1) is 24.2 Å². The molecule has 44 heavy (non-hydrogen) atoms. The van der Waals surface area contributed by atoms with Crippen LogP contribution in [0.5, 0.6) is 5.75 Å². The van der Waals surface area contributed by atoms with Crippen molar-refractivity contribution in [1.82, 2.24) is 15.0 Å². The highest BCUT2D eigenvalue weighted by Gasteiger charge is 2.15. The molecule has 3 aromatic carbocycles. The number of nitrogens with zero attached hydrogens (tertiary/aromatic N) is 5. The summed E-state index contributed by atoms with van der Waals surface area (Å²) in [6.07, 6.45) is 2.64. The fraction of sp³-hybridized carbons (Fsp3) is 0.321. The van der Waals surface area contributed by atoms with Crippen molar-refractivity contribution in [2.75, 3.05) is 24.4 Å². The summed E-state index contributed by atoms with van der Waals surface area (Å²) in [5, 5.41) is 10.6. The first-order chi connectivity index (χ1) is 20.9. The quantitative estimate of drug-likeness (QED) is 0.0600. The fourth-order valence-corrected chi connectivity index (χ4v) is 7.23. The summed E-state index contributed by atoms with van der Waals surface area (Å²) in [6, 6.07) is 14.9. The van der Waals surface area contributed by atoms with Crippen LogP contribution >= 0.6 is 23.5 Å². The van der Waals surface area contributed by atoms with Crippen LogP contribution in [0.1, 0.15) is 37.6 Å². The molecule has 4 aromatic rings. The van der Waals surface area contributed by atoms with Gasteiger partial charge in [0.2, 0.25) is 0 Å². The molecule has 0 aliphatic heterocycles. The van der Waals surface area contributed by atoms with Gasteiger partial charge in [0.25, 0.3) is 20.2 Å². The minimum Gasteiger partial charge on any atom is -0.496 e. The van der Waals surface area contributed by atoms with Crippen LogP contribution in [0.2, 0.25) is 0 Å². The largest absolute Gasteiger partial charge is 0.496 e. The minimum absolute atomic E-state index is 0.206. The van der Waals surface area contributed by atoms with Crippen molar-refractivity contribution >= 4 is 65.9 Å². The van der Waals surface area contributed by atoms with Gasteiger partial charge in [-0.25, -0.2) is 9.97 Å². The zero-order valence-corrected chi connectivity index (χ0v) is 27.2. The molecular formula is C28H31N5O7S4. The summed E-state index contributed by atoms with van der Waals surface area (Å²) >= 11 is 2.83. The molecule has 1 heterocycles. The first kappa shape index (κ1) is 33.7. The third-order valence-corrected chi connectivity index (χ3v) is 9.73. The Kier molecular flexibility index (Phi) is 11.7. The highest BCUT2D eigenvalue weighted by Crippen LogP contribution is 2.31. The lowest BCUT2D eigenvalue weighted by Crippen LogP contribution is -2.06. The standard InChI is InChI=1S/C28H31N5O7S4/c1-3-4-13-41-27-29-26(30-28(31-27)42-14-6-15-43(34,35)36)16-20-10-12-22(18-24(20)40-2)33-32-21-11-9-19-7-5-8-25(23(19)17-21)44(37,38)39/h5,7-12,17-18H,3-4,6,13-16H2,1-2H3,(H,34,35,36)(H,37,38,39). The van der Waals surface area contributed by atoms with Crippen LogP contribution < -0.4 is 4.74 Å².